The maximum absolute atomic E-state index is 14.8. The van der Waals surface area contributed by atoms with Crippen molar-refractivity contribution in [3.8, 4) is 5.75 Å². The molecule has 5 atom stereocenters. The zero-order valence-electron chi connectivity index (χ0n) is 31.8. The Hall–Kier alpha value is -5.25. The fourth-order valence-corrected chi connectivity index (χ4v) is 9.25. The SMILES string of the molecule is CC(C)COC(=O)N[C@H]1CCCCC/C=C\[C@@H]2C[C@@]2(C(=O)NS(=O)(=O)C2CC2)NC(=O)[C@@H]2C[C@@H](Oc3c4cc(F)ccc4nc4c3oc3ccccc34)CN2C1=O. The largest absolute Gasteiger partial charge is 0.484 e. The number of para-hydroxylation sites is 1. The smallest absolute Gasteiger partial charge is 0.407 e. The number of ether oxygens (including phenoxy) is 2. The van der Waals surface area contributed by atoms with Crippen LogP contribution in [-0.4, -0.2) is 84.2 Å². The number of fused-ring (bicyclic) bond motifs is 6. The highest BCUT2D eigenvalue weighted by atomic mass is 32.2. The molecule has 4 aliphatic rings. The number of carbonyl (C=O) groups excluding carboxylic acids is 4. The highest BCUT2D eigenvalue weighted by Gasteiger charge is 2.62. The molecule has 16 heteroatoms. The number of benzene rings is 2. The second-order valence-electron chi connectivity index (χ2n) is 16.1. The van der Waals surface area contributed by atoms with E-state index in [9.17, 15) is 32.0 Å². The highest BCUT2D eigenvalue weighted by molar-refractivity contribution is 7.91. The third-order valence-electron chi connectivity index (χ3n) is 11.2. The summed E-state index contributed by atoms with van der Waals surface area (Å²) in [4.78, 5) is 62.0. The number of nitrogens with one attached hydrogen (secondary N) is 3. The molecule has 57 heavy (non-hydrogen) atoms. The Balaban J connectivity index is 1.15. The lowest BCUT2D eigenvalue weighted by Gasteiger charge is -2.29. The van der Waals surface area contributed by atoms with Gasteiger partial charge in [0.15, 0.2) is 11.3 Å². The van der Waals surface area contributed by atoms with Gasteiger partial charge in [-0.15, -0.1) is 0 Å². The molecule has 4 heterocycles. The molecule has 2 aliphatic carbocycles. The number of furan rings is 1. The van der Waals surface area contributed by atoms with Crippen molar-refractivity contribution in [2.75, 3.05) is 13.2 Å². The molecule has 302 valence electrons. The number of pyridine rings is 1. The van der Waals surface area contributed by atoms with Crippen LogP contribution in [0.25, 0.3) is 33.0 Å². The van der Waals surface area contributed by atoms with Gasteiger partial charge in [-0.25, -0.2) is 22.6 Å². The van der Waals surface area contributed by atoms with Crippen molar-refractivity contribution in [3.63, 3.8) is 0 Å². The van der Waals surface area contributed by atoms with Crippen LogP contribution in [-0.2, 0) is 29.1 Å². The minimum absolute atomic E-state index is 0.0540. The van der Waals surface area contributed by atoms with Crippen LogP contribution in [0.5, 0.6) is 5.75 Å². The Morgan fingerprint density at radius 1 is 1.09 bits per heavy atom. The van der Waals surface area contributed by atoms with Crippen LogP contribution in [0.3, 0.4) is 0 Å². The van der Waals surface area contributed by atoms with E-state index in [1.807, 2.05) is 44.2 Å². The van der Waals surface area contributed by atoms with E-state index in [-0.39, 0.29) is 49.7 Å². The molecule has 2 aliphatic heterocycles. The van der Waals surface area contributed by atoms with Crippen LogP contribution in [0.2, 0.25) is 0 Å². The Morgan fingerprint density at radius 2 is 1.89 bits per heavy atom. The van der Waals surface area contributed by atoms with Crippen molar-refractivity contribution < 1.29 is 45.9 Å². The van der Waals surface area contributed by atoms with Crippen molar-refractivity contribution >= 4 is 66.8 Å². The number of carbonyl (C=O) groups is 4. The summed E-state index contributed by atoms with van der Waals surface area (Å²) in [6.07, 6.45) is 6.21. The van der Waals surface area contributed by atoms with Crippen LogP contribution in [0, 0.1) is 17.7 Å². The topological polar surface area (TPSA) is 186 Å². The standard InChI is InChI=1S/C41H46FN5O9S/c1-23(2)22-54-40(51)44-31-12-7-5-3-4-6-10-24-20-41(24,39(50)46-57(52,53)27-15-16-27)45-37(48)32-19-26(21-47(32)38(31)49)55-35-29-18-25(42)14-17-30(29)43-34-28-11-8-9-13-33(28)56-36(34)35/h6,8-11,13-14,17-18,23-24,26-27,31-32H,3-5,7,12,15-16,19-22H2,1-2H3,(H,44,51)(H,45,48)(H,46,50)/b10-6-/t24-,26-,31+,32+,41-/m1/s1. The third kappa shape index (κ3) is 7.88. The molecule has 4 amide bonds. The number of amides is 4. The van der Waals surface area contributed by atoms with E-state index in [1.165, 1.54) is 23.1 Å². The summed E-state index contributed by atoms with van der Waals surface area (Å²) in [5.41, 5.74) is 0.182. The molecule has 3 N–H and O–H groups in total. The highest BCUT2D eigenvalue weighted by Crippen LogP contribution is 2.46. The van der Waals surface area contributed by atoms with Crippen molar-refractivity contribution in [1.82, 2.24) is 25.2 Å². The van der Waals surface area contributed by atoms with Crippen LogP contribution < -0.4 is 20.1 Å². The number of aromatic nitrogens is 1. The lowest BCUT2D eigenvalue weighted by molar-refractivity contribution is -0.141. The van der Waals surface area contributed by atoms with Crippen molar-refractivity contribution in [1.29, 1.82) is 0 Å². The number of hydrogen-bond donors (Lipinski definition) is 3. The van der Waals surface area contributed by atoms with Gasteiger partial charge in [0.1, 0.15) is 40.6 Å². The number of hydrogen-bond acceptors (Lipinski definition) is 10. The normalized spacial score (nSPS) is 26.3. The van der Waals surface area contributed by atoms with Crippen LogP contribution in [0.1, 0.15) is 71.6 Å². The predicted octanol–water partition coefficient (Wildman–Crippen LogP) is 5.38. The van der Waals surface area contributed by atoms with Crippen LogP contribution >= 0.6 is 0 Å². The molecule has 4 aromatic rings. The molecule has 2 aromatic heterocycles. The van der Waals surface area contributed by atoms with Gasteiger partial charge in [-0.2, -0.15) is 0 Å². The Labute approximate surface area is 328 Å². The fraction of sp³-hybridized carbons (Fsp3) is 0.488. The Kier molecular flexibility index (Phi) is 10.3. The van der Waals surface area contributed by atoms with Gasteiger partial charge >= 0.3 is 6.09 Å². The lowest BCUT2D eigenvalue weighted by Crippen LogP contribution is -2.58. The number of allylic oxidation sites excluding steroid dienone is 1. The average molecular weight is 804 g/mol. The summed E-state index contributed by atoms with van der Waals surface area (Å²) >= 11 is 0. The van der Waals surface area contributed by atoms with E-state index in [0.717, 1.165) is 18.2 Å². The zero-order chi connectivity index (χ0) is 40.1. The van der Waals surface area contributed by atoms with E-state index in [4.69, 9.17) is 18.9 Å². The van der Waals surface area contributed by atoms with Gasteiger partial charge in [-0.05, 0) is 74.8 Å². The number of rotatable bonds is 8. The first kappa shape index (κ1) is 38.6. The molecule has 0 radical (unpaired) electrons. The van der Waals surface area contributed by atoms with Crippen LogP contribution in [0.15, 0.2) is 59.0 Å². The number of nitrogens with zero attached hydrogens (tertiary/aromatic N) is 2. The fourth-order valence-electron chi connectivity index (χ4n) is 7.88. The molecular formula is C41H46FN5O9S. The molecular weight excluding hydrogens is 758 g/mol. The summed E-state index contributed by atoms with van der Waals surface area (Å²) in [5, 5.41) is 5.98. The molecule has 2 aromatic carbocycles. The first-order chi connectivity index (χ1) is 27.3. The first-order valence-corrected chi connectivity index (χ1v) is 21.2. The van der Waals surface area contributed by atoms with Crippen LogP contribution in [0.4, 0.5) is 9.18 Å². The molecule has 0 bridgehead atoms. The van der Waals surface area contributed by atoms with E-state index in [0.29, 0.717) is 47.7 Å². The van der Waals surface area contributed by atoms with Crippen molar-refractivity contribution in [2.24, 2.45) is 11.8 Å². The number of halogens is 1. The minimum atomic E-state index is -3.93. The van der Waals surface area contributed by atoms with Crippen molar-refractivity contribution in [2.45, 2.75) is 101 Å². The summed E-state index contributed by atoms with van der Waals surface area (Å²) in [6, 6.07) is 9.17. The summed E-state index contributed by atoms with van der Waals surface area (Å²) in [7, 11) is -3.93. The van der Waals surface area contributed by atoms with Gasteiger partial charge in [0, 0.05) is 23.1 Å². The monoisotopic (exact) mass is 803 g/mol. The first-order valence-electron chi connectivity index (χ1n) is 19.7. The minimum Gasteiger partial charge on any atom is -0.484 e. The Bertz CT molecular complexity index is 2400. The van der Waals surface area contributed by atoms with Gasteiger partial charge in [0.2, 0.25) is 21.8 Å². The molecule has 0 unspecified atom stereocenters. The van der Waals surface area contributed by atoms with Crippen molar-refractivity contribution in [3.05, 3.63) is 60.4 Å². The van der Waals surface area contributed by atoms with E-state index < -0.39 is 74.5 Å². The molecule has 14 nitrogen and oxygen atoms in total. The van der Waals surface area contributed by atoms with Gasteiger partial charge in [-0.3, -0.25) is 19.1 Å². The van der Waals surface area contributed by atoms with E-state index in [2.05, 4.69) is 15.4 Å². The molecule has 2 saturated carbocycles. The predicted molar refractivity (Wildman–Crippen MR) is 208 cm³/mol. The Morgan fingerprint density at radius 3 is 2.68 bits per heavy atom. The second kappa shape index (κ2) is 15.3. The summed E-state index contributed by atoms with van der Waals surface area (Å²) in [6.45, 7) is 3.81. The number of sulfonamides is 1. The molecule has 8 rings (SSSR count). The van der Waals surface area contributed by atoms with Gasteiger partial charge in [0.25, 0.3) is 5.91 Å². The second-order valence-corrected chi connectivity index (χ2v) is 18.0. The molecule has 3 fully saturated rings. The molecule has 1 saturated heterocycles. The van der Waals surface area contributed by atoms with E-state index >= 15 is 0 Å². The van der Waals surface area contributed by atoms with Gasteiger partial charge < -0.3 is 29.4 Å². The molecule has 0 spiro atoms. The van der Waals surface area contributed by atoms with E-state index in [1.54, 1.807) is 6.07 Å². The quantitative estimate of drug-likeness (QED) is 0.196. The lowest BCUT2D eigenvalue weighted by atomic mass is 10.0. The summed E-state index contributed by atoms with van der Waals surface area (Å²) < 4.78 is 61.0. The van der Waals surface area contributed by atoms with Gasteiger partial charge in [0.05, 0.1) is 23.9 Å². The van der Waals surface area contributed by atoms with Gasteiger partial charge in [-0.1, -0.05) is 51.0 Å². The maximum Gasteiger partial charge on any atom is 0.407 e. The average Bonchev–Trinajstić information content (AvgIpc) is 4.08. The zero-order valence-corrected chi connectivity index (χ0v) is 32.6. The number of alkyl carbamates (subject to hydrolysis) is 1. The maximum atomic E-state index is 14.8. The third-order valence-corrected chi connectivity index (χ3v) is 13.0. The summed E-state index contributed by atoms with van der Waals surface area (Å²) in [5.74, 6) is -2.80.